The molecular weight excluding hydrogens is 316 g/mol. The van der Waals surface area contributed by atoms with Crippen molar-refractivity contribution in [2.24, 2.45) is 0 Å². The Morgan fingerprint density at radius 1 is 1.27 bits per heavy atom. The van der Waals surface area contributed by atoms with E-state index in [2.05, 4.69) is 40.2 Å². The lowest BCUT2D eigenvalue weighted by Crippen LogP contribution is -2.45. The molecule has 0 saturated carbocycles. The molecule has 1 unspecified atom stereocenters. The first-order chi connectivity index (χ1) is 10.8. The number of rotatable bonds is 5. The molecule has 1 atom stereocenters. The summed E-state index contributed by atoms with van der Waals surface area (Å²) in [6.07, 6.45) is 2.58. The normalized spacial score (nSPS) is 22.6. The molecule has 0 spiro atoms. The van der Waals surface area contributed by atoms with E-state index in [1.807, 2.05) is 6.07 Å². The number of benzene rings is 1. The van der Waals surface area contributed by atoms with Gasteiger partial charge in [0.15, 0.2) is 0 Å². The number of hydrogen-bond donors (Lipinski definition) is 1. The highest BCUT2D eigenvalue weighted by Crippen LogP contribution is 2.25. The van der Waals surface area contributed by atoms with Gasteiger partial charge in [-0.25, -0.2) is 0 Å². The lowest BCUT2D eigenvalue weighted by atomic mass is 10.0. The monoisotopic (exact) mass is 340 g/mol. The molecule has 0 amide bonds. The third kappa shape index (κ3) is 4.62. The van der Waals surface area contributed by atoms with Crippen molar-refractivity contribution in [1.29, 1.82) is 0 Å². The van der Waals surface area contributed by atoms with Gasteiger partial charge in [0, 0.05) is 36.7 Å². The average Bonchev–Trinajstić information content (AvgIpc) is 2.57. The molecule has 2 saturated heterocycles. The van der Waals surface area contributed by atoms with Crippen LogP contribution in [-0.2, 0) is 4.74 Å². The van der Waals surface area contributed by atoms with Crippen molar-refractivity contribution in [3.8, 4) is 0 Å². The molecule has 22 heavy (non-hydrogen) atoms. The Labute approximate surface area is 142 Å². The van der Waals surface area contributed by atoms with Crippen LogP contribution in [0.3, 0.4) is 0 Å². The Balaban J connectivity index is 1.67. The van der Waals surface area contributed by atoms with Crippen molar-refractivity contribution in [2.75, 3.05) is 44.4 Å². The molecular formula is C17H25ClN2OS. The SMILES string of the molecule is Clc1cccc(C(CNC2CCSCC2)N2CCOCC2)c1. The number of morpholine rings is 1. The van der Waals surface area contributed by atoms with Gasteiger partial charge in [0.25, 0.3) is 0 Å². The zero-order chi connectivity index (χ0) is 15.2. The van der Waals surface area contributed by atoms with E-state index in [4.69, 9.17) is 16.3 Å². The van der Waals surface area contributed by atoms with E-state index < -0.39 is 0 Å². The van der Waals surface area contributed by atoms with Crippen LogP contribution >= 0.6 is 23.4 Å². The quantitative estimate of drug-likeness (QED) is 0.889. The maximum absolute atomic E-state index is 6.21. The highest BCUT2D eigenvalue weighted by atomic mass is 35.5. The second-order valence-electron chi connectivity index (χ2n) is 6.01. The molecule has 0 radical (unpaired) electrons. The summed E-state index contributed by atoms with van der Waals surface area (Å²) in [4.78, 5) is 2.53. The topological polar surface area (TPSA) is 24.5 Å². The minimum absolute atomic E-state index is 0.386. The van der Waals surface area contributed by atoms with Crippen LogP contribution in [0, 0.1) is 0 Å². The van der Waals surface area contributed by atoms with Gasteiger partial charge in [-0.05, 0) is 42.0 Å². The van der Waals surface area contributed by atoms with Crippen LogP contribution in [-0.4, -0.2) is 55.3 Å². The van der Waals surface area contributed by atoms with E-state index >= 15 is 0 Å². The summed E-state index contributed by atoms with van der Waals surface area (Å²) in [5.41, 5.74) is 1.31. The Hall–Kier alpha value is -0.260. The number of thioether (sulfide) groups is 1. The summed E-state index contributed by atoms with van der Waals surface area (Å²) in [6.45, 7) is 4.66. The molecule has 1 aromatic rings. The minimum Gasteiger partial charge on any atom is -0.379 e. The predicted octanol–water partition coefficient (Wildman–Crippen LogP) is 3.20. The first kappa shape index (κ1) is 16.6. The summed E-state index contributed by atoms with van der Waals surface area (Å²) < 4.78 is 5.51. The van der Waals surface area contributed by atoms with Crippen LogP contribution in [0.2, 0.25) is 5.02 Å². The third-order valence-corrected chi connectivity index (χ3v) is 5.82. The van der Waals surface area contributed by atoms with Crippen molar-refractivity contribution in [3.63, 3.8) is 0 Å². The molecule has 1 N–H and O–H groups in total. The number of ether oxygens (including phenoxy) is 1. The van der Waals surface area contributed by atoms with Crippen molar-refractivity contribution in [3.05, 3.63) is 34.9 Å². The van der Waals surface area contributed by atoms with Crippen LogP contribution < -0.4 is 5.32 Å². The van der Waals surface area contributed by atoms with Crippen molar-refractivity contribution < 1.29 is 4.74 Å². The van der Waals surface area contributed by atoms with Gasteiger partial charge in [-0.2, -0.15) is 11.8 Å². The summed E-state index contributed by atoms with van der Waals surface area (Å²) in [5.74, 6) is 2.58. The smallest absolute Gasteiger partial charge is 0.0594 e. The third-order valence-electron chi connectivity index (χ3n) is 4.54. The molecule has 2 aliphatic rings. The number of nitrogens with one attached hydrogen (secondary N) is 1. The van der Waals surface area contributed by atoms with E-state index in [0.29, 0.717) is 12.1 Å². The van der Waals surface area contributed by atoms with E-state index in [-0.39, 0.29) is 0 Å². The maximum atomic E-state index is 6.21. The largest absolute Gasteiger partial charge is 0.379 e. The van der Waals surface area contributed by atoms with Gasteiger partial charge in [0.1, 0.15) is 0 Å². The van der Waals surface area contributed by atoms with Crippen molar-refractivity contribution in [1.82, 2.24) is 10.2 Å². The Bertz CT molecular complexity index is 462. The number of nitrogens with zero attached hydrogens (tertiary/aromatic N) is 1. The first-order valence-electron chi connectivity index (χ1n) is 8.21. The summed E-state index contributed by atoms with van der Waals surface area (Å²) in [5, 5.41) is 4.62. The standard InChI is InChI=1S/C17H25ClN2OS/c18-15-3-1-2-14(12-15)17(20-6-8-21-9-7-20)13-19-16-4-10-22-11-5-16/h1-3,12,16-17,19H,4-11,13H2. The Kier molecular flexibility index (Phi) is 6.45. The first-order valence-corrected chi connectivity index (χ1v) is 9.74. The molecule has 0 aliphatic carbocycles. The molecule has 3 rings (SSSR count). The fourth-order valence-corrected chi connectivity index (χ4v) is 4.55. The van der Waals surface area contributed by atoms with E-state index in [1.165, 1.54) is 29.9 Å². The molecule has 3 nitrogen and oxygen atoms in total. The predicted molar refractivity (Wildman–Crippen MR) is 94.9 cm³/mol. The molecule has 0 aromatic heterocycles. The van der Waals surface area contributed by atoms with E-state index in [1.54, 1.807) is 0 Å². The summed E-state index contributed by atoms with van der Waals surface area (Å²) >= 11 is 8.29. The van der Waals surface area contributed by atoms with E-state index in [0.717, 1.165) is 37.9 Å². The van der Waals surface area contributed by atoms with Crippen LogP contribution in [0.5, 0.6) is 0 Å². The molecule has 2 heterocycles. The van der Waals surface area contributed by atoms with Crippen LogP contribution in [0.1, 0.15) is 24.4 Å². The molecule has 122 valence electrons. The van der Waals surface area contributed by atoms with Gasteiger partial charge in [-0.15, -0.1) is 0 Å². The molecule has 0 bridgehead atoms. The van der Waals surface area contributed by atoms with Gasteiger partial charge in [0.2, 0.25) is 0 Å². The minimum atomic E-state index is 0.386. The number of halogens is 1. The fourth-order valence-electron chi connectivity index (χ4n) is 3.24. The summed E-state index contributed by atoms with van der Waals surface area (Å²) in [7, 11) is 0. The second kappa shape index (κ2) is 8.55. The van der Waals surface area contributed by atoms with Gasteiger partial charge in [0.05, 0.1) is 13.2 Å². The van der Waals surface area contributed by atoms with Gasteiger partial charge in [-0.3, -0.25) is 4.90 Å². The summed E-state index contributed by atoms with van der Waals surface area (Å²) in [6, 6.07) is 9.38. The van der Waals surface area contributed by atoms with Crippen LogP contribution in [0.15, 0.2) is 24.3 Å². The second-order valence-corrected chi connectivity index (χ2v) is 7.68. The van der Waals surface area contributed by atoms with Gasteiger partial charge < -0.3 is 10.1 Å². The average molecular weight is 341 g/mol. The number of hydrogen-bond acceptors (Lipinski definition) is 4. The van der Waals surface area contributed by atoms with Crippen molar-refractivity contribution >= 4 is 23.4 Å². The zero-order valence-corrected chi connectivity index (χ0v) is 14.5. The lowest BCUT2D eigenvalue weighted by molar-refractivity contribution is 0.0156. The zero-order valence-electron chi connectivity index (χ0n) is 13.0. The maximum Gasteiger partial charge on any atom is 0.0594 e. The molecule has 5 heteroatoms. The fraction of sp³-hybridized carbons (Fsp3) is 0.647. The Morgan fingerprint density at radius 2 is 2.05 bits per heavy atom. The van der Waals surface area contributed by atoms with Crippen LogP contribution in [0.4, 0.5) is 0 Å². The molecule has 2 aliphatic heterocycles. The lowest BCUT2D eigenvalue weighted by Gasteiger charge is -2.36. The molecule has 1 aromatic carbocycles. The Morgan fingerprint density at radius 3 is 2.77 bits per heavy atom. The molecule has 2 fully saturated rings. The highest BCUT2D eigenvalue weighted by molar-refractivity contribution is 7.99. The van der Waals surface area contributed by atoms with Crippen LogP contribution in [0.25, 0.3) is 0 Å². The van der Waals surface area contributed by atoms with Gasteiger partial charge >= 0.3 is 0 Å². The highest BCUT2D eigenvalue weighted by Gasteiger charge is 2.24. The van der Waals surface area contributed by atoms with Crippen molar-refractivity contribution in [2.45, 2.75) is 24.9 Å². The van der Waals surface area contributed by atoms with Gasteiger partial charge in [-0.1, -0.05) is 23.7 Å². The van der Waals surface area contributed by atoms with E-state index in [9.17, 15) is 0 Å².